The Morgan fingerprint density at radius 3 is 2.48 bits per heavy atom. The van der Waals surface area contributed by atoms with Gasteiger partial charge >= 0.3 is 0 Å². The van der Waals surface area contributed by atoms with Crippen LogP contribution in [0.15, 0.2) is 30.3 Å². The number of nitrogens with two attached hydrogens (primary N) is 2. The fourth-order valence-corrected chi connectivity index (χ4v) is 3.52. The van der Waals surface area contributed by atoms with E-state index >= 15 is 0 Å². The number of nitrogens with zero attached hydrogens (tertiary/aromatic N) is 3. The number of hydrogen-bond acceptors (Lipinski definition) is 5. The number of phenolic OH excluding ortho intramolecular Hbond substituents is 1. The third kappa shape index (κ3) is 2.32. The van der Waals surface area contributed by atoms with Crippen molar-refractivity contribution >= 4 is 33.9 Å². The molecule has 0 spiro atoms. The number of fused-ring (bicyclic) bond motifs is 2. The van der Waals surface area contributed by atoms with Crippen molar-refractivity contribution in [3.8, 4) is 11.4 Å². The number of nitrogen functional groups attached to an aromatic ring is 1. The molecule has 4 aromatic rings. The maximum Gasteiger partial charge on any atom is 0.254 e. The predicted molar refractivity (Wildman–Crippen MR) is 105 cm³/mol. The summed E-state index contributed by atoms with van der Waals surface area (Å²) in [5.74, 6) is -0.390. The van der Waals surface area contributed by atoms with Crippen LogP contribution >= 0.6 is 0 Å². The van der Waals surface area contributed by atoms with Crippen LogP contribution in [0.3, 0.4) is 0 Å². The standard InChI is InChI=1S/C20H19N5O2/c1-9-5-4-6-12-15(9)24-16-14(19(22)27)18(21)25(20(16)23-12)17-10(2)7-8-13(26)11(17)3/h4-8,26H,21H2,1-3H3,(H2,22,27). The molecular formula is C20H19N5O2. The Hall–Kier alpha value is -3.61. The quantitative estimate of drug-likeness (QED) is 0.507. The normalized spacial score (nSPS) is 11.4. The molecule has 2 aromatic heterocycles. The van der Waals surface area contributed by atoms with E-state index < -0.39 is 5.91 Å². The Kier molecular flexibility index (Phi) is 3.56. The van der Waals surface area contributed by atoms with E-state index in [0.717, 1.165) is 11.1 Å². The van der Waals surface area contributed by atoms with Crippen molar-refractivity contribution < 1.29 is 9.90 Å². The number of rotatable bonds is 2. The molecule has 0 atom stereocenters. The average Bonchev–Trinajstić information content (AvgIpc) is 2.89. The molecule has 0 aliphatic heterocycles. The molecule has 0 radical (unpaired) electrons. The monoisotopic (exact) mass is 361 g/mol. The van der Waals surface area contributed by atoms with E-state index in [9.17, 15) is 9.90 Å². The molecule has 2 aromatic carbocycles. The summed E-state index contributed by atoms with van der Waals surface area (Å²) in [5, 5.41) is 10.2. The average molecular weight is 361 g/mol. The van der Waals surface area contributed by atoms with E-state index in [-0.39, 0.29) is 17.1 Å². The van der Waals surface area contributed by atoms with Crippen LogP contribution in [-0.4, -0.2) is 25.5 Å². The lowest BCUT2D eigenvalue weighted by atomic mass is 10.1. The summed E-state index contributed by atoms with van der Waals surface area (Å²) in [5.41, 5.74) is 17.3. The molecule has 2 heterocycles. The van der Waals surface area contributed by atoms with Gasteiger partial charge < -0.3 is 16.6 Å². The Labute approximate surface area is 155 Å². The van der Waals surface area contributed by atoms with Crippen LogP contribution < -0.4 is 11.5 Å². The summed E-state index contributed by atoms with van der Waals surface area (Å²) in [6.45, 7) is 5.61. The number of benzene rings is 2. The van der Waals surface area contributed by atoms with Crippen molar-refractivity contribution in [1.82, 2.24) is 14.5 Å². The van der Waals surface area contributed by atoms with E-state index in [2.05, 4.69) is 4.98 Å². The highest BCUT2D eigenvalue weighted by Crippen LogP contribution is 2.35. The number of hydrogen-bond donors (Lipinski definition) is 3. The number of aromatic hydroxyl groups is 1. The molecule has 1 amide bonds. The molecule has 27 heavy (non-hydrogen) atoms. The Balaban J connectivity index is 2.24. The van der Waals surface area contributed by atoms with Gasteiger partial charge in [-0.3, -0.25) is 9.36 Å². The second kappa shape index (κ2) is 5.70. The molecule has 4 rings (SSSR count). The number of primary amides is 1. The van der Waals surface area contributed by atoms with Crippen LogP contribution in [0.5, 0.6) is 5.75 Å². The van der Waals surface area contributed by atoms with Crippen molar-refractivity contribution in [1.29, 1.82) is 0 Å². The fourth-order valence-electron chi connectivity index (χ4n) is 3.52. The molecule has 7 heteroatoms. The maximum atomic E-state index is 12.1. The Bertz CT molecular complexity index is 1260. The lowest BCUT2D eigenvalue weighted by molar-refractivity contribution is 0.100. The van der Waals surface area contributed by atoms with Crippen molar-refractivity contribution in [3.05, 3.63) is 52.6 Å². The van der Waals surface area contributed by atoms with Crippen LogP contribution in [0.4, 0.5) is 5.82 Å². The van der Waals surface area contributed by atoms with E-state index in [4.69, 9.17) is 16.5 Å². The zero-order valence-electron chi connectivity index (χ0n) is 15.2. The van der Waals surface area contributed by atoms with Gasteiger partial charge in [-0.25, -0.2) is 9.97 Å². The predicted octanol–water partition coefficient (Wildman–Crippen LogP) is 2.89. The second-order valence-electron chi connectivity index (χ2n) is 6.67. The summed E-state index contributed by atoms with van der Waals surface area (Å²) in [7, 11) is 0. The largest absolute Gasteiger partial charge is 0.508 e. The number of aromatic nitrogens is 3. The zero-order chi connectivity index (χ0) is 19.5. The van der Waals surface area contributed by atoms with Crippen LogP contribution in [0.1, 0.15) is 27.0 Å². The van der Waals surface area contributed by atoms with Crippen molar-refractivity contribution in [2.45, 2.75) is 20.8 Å². The summed E-state index contributed by atoms with van der Waals surface area (Å²) in [6, 6.07) is 9.08. The number of anilines is 1. The Morgan fingerprint density at radius 1 is 1.04 bits per heavy atom. The highest BCUT2D eigenvalue weighted by molar-refractivity contribution is 6.10. The molecule has 0 saturated carbocycles. The molecule has 0 aliphatic carbocycles. The van der Waals surface area contributed by atoms with Gasteiger partial charge in [0.1, 0.15) is 22.6 Å². The molecular weight excluding hydrogens is 342 g/mol. The first-order valence-corrected chi connectivity index (χ1v) is 8.48. The minimum absolute atomic E-state index is 0.127. The van der Waals surface area contributed by atoms with Gasteiger partial charge in [-0.15, -0.1) is 0 Å². The summed E-state index contributed by atoms with van der Waals surface area (Å²) in [4.78, 5) is 21.5. The van der Waals surface area contributed by atoms with Gasteiger partial charge in [0.05, 0.1) is 16.7 Å². The molecule has 5 N–H and O–H groups in total. The third-order valence-corrected chi connectivity index (χ3v) is 4.90. The number of phenols is 1. The van der Waals surface area contributed by atoms with Crippen LogP contribution in [0, 0.1) is 20.8 Å². The lowest BCUT2D eigenvalue weighted by Gasteiger charge is -2.15. The smallest absolute Gasteiger partial charge is 0.254 e. The van der Waals surface area contributed by atoms with Gasteiger partial charge in [0.2, 0.25) is 0 Å². The van der Waals surface area contributed by atoms with E-state index in [1.165, 1.54) is 0 Å². The van der Waals surface area contributed by atoms with Gasteiger partial charge in [0, 0.05) is 5.56 Å². The highest BCUT2D eigenvalue weighted by Gasteiger charge is 2.25. The fraction of sp³-hybridized carbons (Fsp3) is 0.150. The first-order chi connectivity index (χ1) is 12.8. The van der Waals surface area contributed by atoms with Crippen LogP contribution in [0.25, 0.3) is 27.9 Å². The number of aryl methyl sites for hydroxylation is 2. The summed E-state index contributed by atoms with van der Waals surface area (Å²) < 4.78 is 1.65. The molecule has 136 valence electrons. The minimum Gasteiger partial charge on any atom is -0.508 e. The SMILES string of the molecule is Cc1ccc(O)c(C)c1-n1c(N)c(C(N)=O)c2nc3c(C)cccc3nc21. The number of carbonyl (C=O) groups is 1. The van der Waals surface area contributed by atoms with Crippen LogP contribution in [0.2, 0.25) is 0 Å². The number of para-hydroxylation sites is 1. The molecule has 7 nitrogen and oxygen atoms in total. The van der Waals surface area contributed by atoms with Gasteiger partial charge in [-0.2, -0.15) is 0 Å². The third-order valence-electron chi connectivity index (χ3n) is 4.90. The zero-order valence-corrected chi connectivity index (χ0v) is 15.2. The maximum absolute atomic E-state index is 12.1. The van der Waals surface area contributed by atoms with Gasteiger partial charge in [-0.05, 0) is 44.0 Å². The van der Waals surface area contributed by atoms with Gasteiger partial charge in [-0.1, -0.05) is 18.2 Å². The lowest BCUT2D eigenvalue weighted by Crippen LogP contribution is -2.14. The number of carbonyl (C=O) groups excluding carboxylic acids is 1. The molecule has 0 fully saturated rings. The van der Waals surface area contributed by atoms with Crippen molar-refractivity contribution in [2.75, 3.05) is 5.73 Å². The minimum atomic E-state index is -0.672. The van der Waals surface area contributed by atoms with E-state index in [1.807, 2.05) is 32.0 Å². The van der Waals surface area contributed by atoms with Crippen LogP contribution in [-0.2, 0) is 0 Å². The molecule has 0 aliphatic rings. The van der Waals surface area contributed by atoms with E-state index in [1.54, 1.807) is 23.6 Å². The van der Waals surface area contributed by atoms with Gasteiger partial charge in [0.25, 0.3) is 5.91 Å². The summed E-state index contributed by atoms with van der Waals surface area (Å²) in [6.07, 6.45) is 0. The topological polar surface area (TPSA) is 120 Å². The van der Waals surface area contributed by atoms with Crippen molar-refractivity contribution in [3.63, 3.8) is 0 Å². The highest BCUT2D eigenvalue weighted by atomic mass is 16.3. The molecule has 0 saturated heterocycles. The first-order valence-electron chi connectivity index (χ1n) is 8.48. The second-order valence-corrected chi connectivity index (χ2v) is 6.67. The number of amides is 1. The molecule has 0 bridgehead atoms. The Morgan fingerprint density at radius 2 is 1.78 bits per heavy atom. The van der Waals surface area contributed by atoms with E-state index in [0.29, 0.717) is 33.4 Å². The van der Waals surface area contributed by atoms with Crippen molar-refractivity contribution in [2.24, 2.45) is 5.73 Å². The molecule has 0 unspecified atom stereocenters. The van der Waals surface area contributed by atoms with Gasteiger partial charge in [0.15, 0.2) is 5.65 Å². The summed E-state index contributed by atoms with van der Waals surface area (Å²) >= 11 is 0. The first kappa shape index (κ1) is 16.8.